The maximum Gasteiger partial charge on any atom is 0.323 e. The van der Waals surface area contributed by atoms with E-state index >= 15 is 0 Å². The molecule has 0 spiro atoms. The second-order valence-electron chi connectivity index (χ2n) is 4.65. The Labute approximate surface area is 124 Å². The normalized spacial score (nSPS) is 10.1. The van der Waals surface area contributed by atoms with E-state index in [9.17, 15) is 9.59 Å². The van der Waals surface area contributed by atoms with E-state index in [0.717, 1.165) is 18.6 Å². The van der Waals surface area contributed by atoms with Gasteiger partial charge in [0.05, 0.1) is 13.0 Å². The van der Waals surface area contributed by atoms with Crippen LogP contribution in [-0.2, 0) is 9.59 Å². The van der Waals surface area contributed by atoms with Gasteiger partial charge in [0.2, 0.25) is 0 Å². The predicted molar refractivity (Wildman–Crippen MR) is 78.9 cm³/mol. The minimum atomic E-state index is -0.997. The first-order valence-electron chi connectivity index (χ1n) is 6.94. The number of carbonyl (C=O) groups is 2. The predicted octanol–water partition coefficient (Wildman–Crippen LogP) is 2.23. The third-order valence-electron chi connectivity index (χ3n) is 2.89. The molecule has 0 aliphatic carbocycles. The Morgan fingerprint density at radius 2 is 1.81 bits per heavy atom. The highest BCUT2D eigenvalue weighted by molar-refractivity contribution is 5.74. The van der Waals surface area contributed by atoms with Gasteiger partial charge in [0.1, 0.15) is 12.3 Å². The van der Waals surface area contributed by atoms with Crippen LogP contribution in [0.25, 0.3) is 0 Å². The second-order valence-corrected chi connectivity index (χ2v) is 4.65. The van der Waals surface area contributed by atoms with E-state index in [1.165, 1.54) is 4.90 Å². The first-order valence-corrected chi connectivity index (χ1v) is 6.94. The van der Waals surface area contributed by atoms with Crippen LogP contribution in [0.3, 0.4) is 0 Å². The van der Waals surface area contributed by atoms with Crippen LogP contribution in [0.5, 0.6) is 5.75 Å². The lowest BCUT2D eigenvalue weighted by molar-refractivity contribution is -0.138. The van der Waals surface area contributed by atoms with Gasteiger partial charge in [-0.1, -0.05) is 13.3 Å². The van der Waals surface area contributed by atoms with Crippen molar-refractivity contribution in [2.75, 3.05) is 24.6 Å². The summed E-state index contributed by atoms with van der Waals surface area (Å²) in [7, 11) is 0. The molecule has 0 saturated heterocycles. The molecule has 0 aromatic heterocycles. The van der Waals surface area contributed by atoms with Crippen LogP contribution in [0.1, 0.15) is 26.2 Å². The molecule has 0 atom stereocenters. The zero-order valence-electron chi connectivity index (χ0n) is 12.1. The molecule has 1 aromatic carbocycles. The molecule has 6 nitrogen and oxygen atoms in total. The molecular weight excluding hydrogens is 274 g/mol. The lowest BCUT2D eigenvalue weighted by Gasteiger charge is -2.22. The number of unbranched alkanes of at least 4 members (excludes halogenated alkanes) is 1. The Hall–Kier alpha value is -2.24. The second kappa shape index (κ2) is 8.84. The molecule has 0 unspecified atom stereocenters. The molecule has 0 saturated carbocycles. The van der Waals surface area contributed by atoms with Crippen LogP contribution >= 0.6 is 0 Å². The average Bonchev–Trinajstić information content (AvgIpc) is 2.44. The monoisotopic (exact) mass is 295 g/mol. The maximum atomic E-state index is 10.9. The number of rotatable bonds is 10. The smallest absolute Gasteiger partial charge is 0.323 e. The Kier molecular flexibility index (Phi) is 7.08. The number of anilines is 1. The minimum absolute atomic E-state index is 0.109. The van der Waals surface area contributed by atoms with Crippen LogP contribution in [0.4, 0.5) is 5.69 Å². The third kappa shape index (κ3) is 6.65. The van der Waals surface area contributed by atoms with Gasteiger partial charge in [-0.05, 0) is 30.7 Å². The molecule has 0 radical (unpaired) electrons. The first-order chi connectivity index (χ1) is 10.0. The topological polar surface area (TPSA) is 87.1 Å². The lowest BCUT2D eigenvalue weighted by Crippen LogP contribution is -2.31. The number of nitrogens with zero attached hydrogens (tertiary/aromatic N) is 1. The molecule has 21 heavy (non-hydrogen) atoms. The highest BCUT2D eigenvalue weighted by atomic mass is 16.5. The van der Waals surface area contributed by atoms with Crippen molar-refractivity contribution in [2.45, 2.75) is 26.2 Å². The van der Waals surface area contributed by atoms with Crippen molar-refractivity contribution in [1.29, 1.82) is 0 Å². The van der Waals surface area contributed by atoms with Crippen LogP contribution in [0, 0.1) is 0 Å². The van der Waals surface area contributed by atoms with Crippen LogP contribution in [0.15, 0.2) is 24.3 Å². The first kappa shape index (κ1) is 16.8. The van der Waals surface area contributed by atoms with Gasteiger partial charge in [0.25, 0.3) is 0 Å². The van der Waals surface area contributed by atoms with Crippen molar-refractivity contribution in [3.63, 3.8) is 0 Å². The van der Waals surface area contributed by atoms with Crippen molar-refractivity contribution >= 4 is 17.6 Å². The van der Waals surface area contributed by atoms with Gasteiger partial charge in [-0.2, -0.15) is 0 Å². The summed E-state index contributed by atoms with van der Waals surface area (Å²) in [6.07, 6.45) is 1.92. The number of benzene rings is 1. The molecule has 0 aliphatic rings. The molecule has 1 aromatic rings. The summed E-state index contributed by atoms with van der Waals surface area (Å²) in [4.78, 5) is 23.0. The van der Waals surface area contributed by atoms with Crippen molar-refractivity contribution in [2.24, 2.45) is 0 Å². The molecule has 0 bridgehead atoms. The molecule has 116 valence electrons. The maximum absolute atomic E-state index is 10.9. The fourth-order valence-corrected chi connectivity index (χ4v) is 1.78. The van der Waals surface area contributed by atoms with E-state index in [4.69, 9.17) is 14.9 Å². The molecule has 2 N–H and O–H groups in total. The SMILES string of the molecule is CCCCOc1ccc(N(CCC(=O)O)CC(=O)O)cc1. The summed E-state index contributed by atoms with van der Waals surface area (Å²) in [6.45, 7) is 2.65. The Morgan fingerprint density at radius 3 is 2.33 bits per heavy atom. The fourth-order valence-electron chi connectivity index (χ4n) is 1.78. The zero-order chi connectivity index (χ0) is 15.7. The Morgan fingerprint density at radius 1 is 1.14 bits per heavy atom. The highest BCUT2D eigenvalue weighted by Gasteiger charge is 2.12. The van der Waals surface area contributed by atoms with Gasteiger partial charge < -0.3 is 19.8 Å². The number of carboxylic acid groups (broad SMARTS) is 2. The minimum Gasteiger partial charge on any atom is -0.494 e. The Bertz CT molecular complexity index is 458. The average molecular weight is 295 g/mol. The van der Waals surface area contributed by atoms with Crippen molar-refractivity contribution in [3.8, 4) is 5.75 Å². The summed E-state index contributed by atoms with van der Waals surface area (Å²) < 4.78 is 5.53. The van der Waals surface area contributed by atoms with E-state index in [-0.39, 0.29) is 19.5 Å². The van der Waals surface area contributed by atoms with Gasteiger partial charge in [0, 0.05) is 12.2 Å². The summed E-state index contributed by atoms with van der Waals surface area (Å²) >= 11 is 0. The summed E-state index contributed by atoms with van der Waals surface area (Å²) in [5, 5.41) is 17.6. The highest BCUT2D eigenvalue weighted by Crippen LogP contribution is 2.20. The van der Waals surface area contributed by atoms with E-state index < -0.39 is 11.9 Å². The van der Waals surface area contributed by atoms with Crippen molar-refractivity contribution < 1.29 is 24.5 Å². The molecule has 0 heterocycles. The van der Waals surface area contributed by atoms with E-state index in [1.54, 1.807) is 24.3 Å². The molecule has 1 rings (SSSR count). The van der Waals surface area contributed by atoms with Gasteiger partial charge in [0.15, 0.2) is 0 Å². The third-order valence-corrected chi connectivity index (χ3v) is 2.89. The number of hydrogen-bond donors (Lipinski definition) is 2. The number of aliphatic carboxylic acids is 2. The summed E-state index contributed by atoms with van der Waals surface area (Å²) in [5.41, 5.74) is 0.668. The Balaban J connectivity index is 2.68. The number of carboxylic acids is 2. The lowest BCUT2D eigenvalue weighted by atomic mass is 10.2. The van der Waals surface area contributed by atoms with E-state index in [0.29, 0.717) is 12.3 Å². The zero-order valence-corrected chi connectivity index (χ0v) is 12.1. The van der Waals surface area contributed by atoms with Gasteiger partial charge in [-0.15, -0.1) is 0 Å². The molecule has 0 aliphatic heterocycles. The summed E-state index contributed by atoms with van der Waals surface area (Å²) in [5.74, 6) is -1.23. The number of hydrogen-bond acceptors (Lipinski definition) is 4. The van der Waals surface area contributed by atoms with E-state index in [2.05, 4.69) is 6.92 Å². The largest absolute Gasteiger partial charge is 0.494 e. The van der Waals surface area contributed by atoms with Crippen molar-refractivity contribution in [3.05, 3.63) is 24.3 Å². The quantitative estimate of drug-likeness (QED) is 0.644. The molecule has 0 amide bonds. The van der Waals surface area contributed by atoms with Crippen LogP contribution < -0.4 is 9.64 Å². The number of ether oxygens (including phenoxy) is 1. The summed E-state index contributed by atoms with van der Waals surface area (Å²) in [6, 6.07) is 7.01. The van der Waals surface area contributed by atoms with Crippen LogP contribution in [-0.4, -0.2) is 41.8 Å². The van der Waals surface area contributed by atoms with Gasteiger partial charge >= 0.3 is 11.9 Å². The molecule has 0 fully saturated rings. The van der Waals surface area contributed by atoms with Crippen molar-refractivity contribution in [1.82, 2.24) is 0 Å². The van der Waals surface area contributed by atoms with E-state index in [1.807, 2.05) is 0 Å². The van der Waals surface area contributed by atoms with Gasteiger partial charge in [-0.3, -0.25) is 9.59 Å². The van der Waals surface area contributed by atoms with Crippen LogP contribution in [0.2, 0.25) is 0 Å². The molecule has 6 heteroatoms. The molecular formula is C15H21NO5. The van der Waals surface area contributed by atoms with Gasteiger partial charge in [-0.25, -0.2) is 0 Å². The fraction of sp³-hybridized carbons (Fsp3) is 0.467. The standard InChI is InChI=1S/C15H21NO5/c1-2-3-10-21-13-6-4-12(5-7-13)16(11-15(19)20)9-8-14(17)18/h4-7H,2-3,8-11H2,1H3,(H,17,18)(H,19,20).